The van der Waals surface area contributed by atoms with Crippen molar-refractivity contribution in [3.63, 3.8) is 0 Å². The van der Waals surface area contributed by atoms with Crippen LogP contribution >= 0.6 is 0 Å². The second-order valence-corrected chi connectivity index (χ2v) is 12.0. The number of halogens is 1. The maximum Gasteiger partial charge on any atom is 0.343 e. The standard InChI is InChI=1S/C30H32FN3O5/c1-3-30(38)22-9-25-26-20(14-34(25)27(36)21(22)15-39-28(30)37)19(18-8-16(2)23(31)10-24(18)32-26)13-33-6-4-29(5-7-33)11-17(35)12-29/h8-10,17,35,38H,3-7,11-15H2,1-2H3/t30-/m0/s1. The van der Waals surface area contributed by atoms with Gasteiger partial charge in [-0.2, -0.15) is 0 Å². The van der Waals surface area contributed by atoms with E-state index in [-0.39, 0.29) is 47.1 Å². The normalized spacial score (nSPS) is 23.9. The Morgan fingerprint density at radius 1 is 1.15 bits per heavy atom. The SMILES string of the molecule is CC[C@@]1(O)C(=O)OCc2c1cc1n(c2=O)Cc2c-1nc1cc(F)c(C)cc1c2CN1CCC2(CC1)CC(O)C2. The van der Waals surface area contributed by atoms with Crippen LogP contribution in [-0.2, 0) is 34.8 Å². The van der Waals surface area contributed by atoms with E-state index in [9.17, 15) is 24.2 Å². The molecule has 9 heteroatoms. The number of fused-ring (bicyclic) bond motifs is 5. The van der Waals surface area contributed by atoms with Crippen LogP contribution in [0, 0.1) is 18.2 Å². The number of aryl methyl sites for hydroxylation is 1. The first-order valence-electron chi connectivity index (χ1n) is 13.8. The Bertz CT molecular complexity index is 1620. The number of nitrogens with zero attached hydrogens (tertiary/aromatic N) is 3. The summed E-state index contributed by atoms with van der Waals surface area (Å²) < 4.78 is 21.6. The average Bonchev–Trinajstić information content (AvgIpc) is 3.27. The first-order valence-corrected chi connectivity index (χ1v) is 13.8. The number of carbonyl (C=O) groups excluding carboxylic acids is 1. The Labute approximate surface area is 225 Å². The van der Waals surface area contributed by atoms with Crippen LogP contribution in [0.5, 0.6) is 0 Å². The third-order valence-corrected chi connectivity index (χ3v) is 9.72. The number of carbonyl (C=O) groups is 1. The Morgan fingerprint density at radius 2 is 1.90 bits per heavy atom. The van der Waals surface area contributed by atoms with Crippen molar-refractivity contribution in [2.75, 3.05) is 13.1 Å². The van der Waals surface area contributed by atoms with Crippen molar-refractivity contribution >= 4 is 16.9 Å². The molecule has 3 aromatic rings. The molecular weight excluding hydrogens is 501 g/mol. The maximum atomic E-state index is 14.7. The largest absolute Gasteiger partial charge is 0.458 e. The summed E-state index contributed by atoms with van der Waals surface area (Å²) in [7, 11) is 0. The van der Waals surface area contributed by atoms with Gasteiger partial charge in [-0.05, 0) is 80.8 Å². The molecule has 0 radical (unpaired) electrons. The van der Waals surface area contributed by atoms with Crippen molar-refractivity contribution in [3.05, 3.63) is 62.2 Å². The average molecular weight is 534 g/mol. The molecule has 1 saturated heterocycles. The Morgan fingerprint density at radius 3 is 2.59 bits per heavy atom. The van der Waals surface area contributed by atoms with E-state index < -0.39 is 11.6 Å². The fraction of sp³-hybridized carbons (Fsp3) is 0.500. The highest BCUT2D eigenvalue weighted by Crippen LogP contribution is 2.49. The van der Waals surface area contributed by atoms with E-state index in [0.717, 1.165) is 55.3 Å². The van der Waals surface area contributed by atoms with Gasteiger partial charge in [0.1, 0.15) is 12.4 Å². The van der Waals surface area contributed by atoms with E-state index >= 15 is 0 Å². The molecule has 7 rings (SSSR count). The van der Waals surface area contributed by atoms with Gasteiger partial charge >= 0.3 is 5.97 Å². The fourth-order valence-electron chi connectivity index (χ4n) is 7.23. The zero-order chi connectivity index (χ0) is 27.3. The van der Waals surface area contributed by atoms with Gasteiger partial charge in [-0.3, -0.25) is 9.69 Å². The van der Waals surface area contributed by atoms with Gasteiger partial charge in [-0.15, -0.1) is 0 Å². The minimum Gasteiger partial charge on any atom is -0.458 e. The van der Waals surface area contributed by atoms with E-state index in [1.807, 2.05) is 6.07 Å². The lowest BCUT2D eigenvalue weighted by Crippen LogP contribution is -2.48. The molecule has 2 N–H and O–H groups in total. The van der Waals surface area contributed by atoms with Gasteiger partial charge in [-0.1, -0.05) is 6.92 Å². The van der Waals surface area contributed by atoms with Crippen LogP contribution in [0.2, 0.25) is 0 Å². The minimum absolute atomic E-state index is 0.0724. The fourth-order valence-corrected chi connectivity index (χ4v) is 7.23. The molecule has 3 aliphatic heterocycles. The topological polar surface area (TPSA) is 105 Å². The van der Waals surface area contributed by atoms with E-state index in [1.165, 1.54) is 6.07 Å². The maximum absolute atomic E-state index is 14.7. The highest BCUT2D eigenvalue weighted by molar-refractivity contribution is 5.89. The molecule has 1 aromatic carbocycles. The lowest BCUT2D eigenvalue weighted by molar-refractivity contribution is -0.172. The zero-order valence-electron chi connectivity index (χ0n) is 22.2. The summed E-state index contributed by atoms with van der Waals surface area (Å²) in [5, 5.41) is 21.9. The van der Waals surface area contributed by atoms with Gasteiger partial charge in [-0.25, -0.2) is 14.2 Å². The number of aromatic nitrogens is 2. The quantitative estimate of drug-likeness (QED) is 0.390. The molecule has 39 heavy (non-hydrogen) atoms. The van der Waals surface area contributed by atoms with Crippen LogP contribution < -0.4 is 5.56 Å². The Balaban J connectivity index is 1.36. The van der Waals surface area contributed by atoms with Crippen molar-refractivity contribution in [2.45, 2.75) is 77.4 Å². The second kappa shape index (κ2) is 8.43. The number of benzene rings is 1. The van der Waals surface area contributed by atoms with Crippen LogP contribution in [-0.4, -0.2) is 49.8 Å². The molecule has 5 heterocycles. The molecule has 0 unspecified atom stereocenters. The summed E-state index contributed by atoms with van der Waals surface area (Å²) in [5.41, 5.74) is 2.74. The molecular formula is C30H32FN3O5. The Hall–Kier alpha value is -3.14. The molecule has 1 atom stereocenters. The summed E-state index contributed by atoms with van der Waals surface area (Å²) in [6, 6.07) is 5.00. The van der Waals surface area contributed by atoms with Gasteiger partial charge in [0.2, 0.25) is 0 Å². The van der Waals surface area contributed by atoms with Crippen LogP contribution in [0.3, 0.4) is 0 Å². The van der Waals surface area contributed by atoms with Crippen molar-refractivity contribution in [1.82, 2.24) is 14.5 Å². The number of ether oxygens (including phenoxy) is 1. The summed E-state index contributed by atoms with van der Waals surface area (Å²) in [6.07, 6.45) is 3.74. The molecule has 2 aromatic heterocycles. The number of likely N-dealkylation sites (tertiary alicyclic amines) is 1. The smallest absolute Gasteiger partial charge is 0.343 e. The molecule has 1 saturated carbocycles. The molecule has 4 aliphatic rings. The summed E-state index contributed by atoms with van der Waals surface area (Å²) >= 11 is 0. The third-order valence-electron chi connectivity index (χ3n) is 9.72. The molecule has 1 aliphatic carbocycles. The number of pyridine rings is 2. The number of hydrogen-bond donors (Lipinski definition) is 2. The molecule has 0 bridgehead atoms. The zero-order valence-corrected chi connectivity index (χ0v) is 22.2. The van der Waals surface area contributed by atoms with Gasteiger partial charge in [0.25, 0.3) is 5.56 Å². The summed E-state index contributed by atoms with van der Waals surface area (Å²) in [5.74, 6) is -1.10. The second-order valence-electron chi connectivity index (χ2n) is 12.0. The predicted molar refractivity (Wildman–Crippen MR) is 141 cm³/mol. The van der Waals surface area contributed by atoms with Crippen LogP contribution in [0.25, 0.3) is 22.3 Å². The number of aliphatic hydroxyl groups is 2. The third kappa shape index (κ3) is 3.56. The predicted octanol–water partition coefficient (Wildman–Crippen LogP) is 3.26. The number of aliphatic hydroxyl groups excluding tert-OH is 1. The van der Waals surface area contributed by atoms with Crippen molar-refractivity contribution in [2.24, 2.45) is 5.41 Å². The molecule has 2 fully saturated rings. The first-order chi connectivity index (χ1) is 18.6. The lowest BCUT2D eigenvalue weighted by atomic mass is 9.61. The minimum atomic E-state index is -1.90. The molecule has 204 valence electrons. The van der Waals surface area contributed by atoms with Crippen LogP contribution in [0.15, 0.2) is 23.0 Å². The number of cyclic esters (lactones) is 1. The van der Waals surface area contributed by atoms with E-state index in [2.05, 4.69) is 4.90 Å². The summed E-state index contributed by atoms with van der Waals surface area (Å²) in [6.45, 7) is 6.03. The Kier molecular flexibility index (Phi) is 5.37. The van der Waals surface area contributed by atoms with E-state index in [0.29, 0.717) is 35.6 Å². The van der Waals surface area contributed by atoms with Crippen molar-refractivity contribution in [1.29, 1.82) is 0 Å². The number of rotatable bonds is 3. The van der Waals surface area contributed by atoms with Gasteiger partial charge in [0.05, 0.1) is 35.1 Å². The van der Waals surface area contributed by atoms with Crippen molar-refractivity contribution in [3.8, 4) is 11.4 Å². The van der Waals surface area contributed by atoms with Crippen LogP contribution in [0.4, 0.5) is 4.39 Å². The van der Waals surface area contributed by atoms with Crippen molar-refractivity contribution < 1.29 is 24.1 Å². The van der Waals surface area contributed by atoms with Crippen LogP contribution in [0.1, 0.15) is 66.8 Å². The lowest BCUT2D eigenvalue weighted by Gasteiger charge is -2.50. The highest BCUT2D eigenvalue weighted by atomic mass is 19.1. The molecule has 0 amide bonds. The summed E-state index contributed by atoms with van der Waals surface area (Å²) in [4.78, 5) is 33.4. The van der Waals surface area contributed by atoms with E-state index in [4.69, 9.17) is 9.72 Å². The number of piperidine rings is 1. The monoisotopic (exact) mass is 533 g/mol. The van der Waals surface area contributed by atoms with Gasteiger partial charge in [0, 0.05) is 29.1 Å². The van der Waals surface area contributed by atoms with Gasteiger partial charge < -0.3 is 19.5 Å². The number of hydrogen-bond acceptors (Lipinski definition) is 7. The van der Waals surface area contributed by atoms with Gasteiger partial charge in [0.15, 0.2) is 5.60 Å². The number of esters is 1. The van der Waals surface area contributed by atoms with E-state index in [1.54, 1.807) is 24.5 Å². The highest BCUT2D eigenvalue weighted by Gasteiger charge is 2.46. The first kappa shape index (κ1) is 24.9. The molecule has 1 spiro atoms. The molecule has 8 nitrogen and oxygen atoms in total.